The van der Waals surface area contributed by atoms with E-state index in [-0.39, 0.29) is 23.7 Å². The van der Waals surface area contributed by atoms with Crippen LogP contribution in [0, 0.1) is 18.8 Å². The minimum Gasteiger partial charge on any atom is -0.274 e. The Kier molecular flexibility index (Phi) is 3.56. The molecule has 1 fully saturated rings. The fourth-order valence-electron chi connectivity index (χ4n) is 3.55. The van der Waals surface area contributed by atoms with Crippen LogP contribution in [0.15, 0.2) is 48.7 Å². The summed E-state index contributed by atoms with van der Waals surface area (Å²) in [6.07, 6.45) is 7.10. The molecule has 1 aromatic heterocycles. The first-order valence-corrected chi connectivity index (χ1v) is 8.26. The monoisotopic (exact) mass is 321 g/mol. The van der Waals surface area contributed by atoms with E-state index in [2.05, 4.69) is 24.2 Å². The average molecular weight is 321 g/mol. The molecular formula is C19H19N3O2. The van der Waals surface area contributed by atoms with Crippen LogP contribution in [0.3, 0.4) is 0 Å². The number of carbonyl (C=O) groups excluding carboxylic acids is 2. The van der Waals surface area contributed by atoms with E-state index >= 15 is 0 Å². The summed E-state index contributed by atoms with van der Waals surface area (Å²) < 4.78 is 1.78. The van der Waals surface area contributed by atoms with Gasteiger partial charge in [-0.25, -0.2) is 4.90 Å². The second-order valence-corrected chi connectivity index (χ2v) is 6.47. The molecule has 2 heterocycles. The molecule has 1 aliphatic heterocycles. The number of benzene rings is 1. The standard InChI is InChI=1S/C19H19N3O2/c1-13-6-2-3-7-14(13)12-21-11-10-17(20-21)22-18(23)15-8-4-5-9-16(15)19(22)24/h2-7,10-11,15-16H,8-9,12H2,1H3/t15-,16-/m0/s1. The van der Waals surface area contributed by atoms with Crippen molar-refractivity contribution in [1.82, 2.24) is 9.78 Å². The van der Waals surface area contributed by atoms with Crippen molar-refractivity contribution >= 4 is 17.6 Å². The number of fused-ring (bicyclic) bond motifs is 1. The predicted molar refractivity (Wildman–Crippen MR) is 90.4 cm³/mol. The molecule has 2 amide bonds. The normalized spacial score (nSPS) is 23.0. The topological polar surface area (TPSA) is 55.2 Å². The highest BCUT2D eigenvalue weighted by Gasteiger charge is 2.48. The summed E-state index contributed by atoms with van der Waals surface area (Å²) in [5, 5.41) is 4.47. The average Bonchev–Trinajstić information content (AvgIpc) is 3.14. The highest BCUT2D eigenvalue weighted by atomic mass is 16.2. The predicted octanol–water partition coefficient (Wildman–Crippen LogP) is 2.70. The van der Waals surface area contributed by atoms with Gasteiger partial charge < -0.3 is 0 Å². The Morgan fingerprint density at radius 1 is 1.04 bits per heavy atom. The highest BCUT2D eigenvalue weighted by Crippen LogP contribution is 2.37. The van der Waals surface area contributed by atoms with Gasteiger partial charge in [-0.05, 0) is 30.9 Å². The molecule has 0 unspecified atom stereocenters. The molecule has 4 rings (SSSR count). The first kappa shape index (κ1) is 14.9. The van der Waals surface area contributed by atoms with Gasteiger partial charge in [-0.2, -0.15) is 5.10 Å². The lowest BCUT2D eigenvalue weighted by Gasteiger charge is -2.14. The van der Waals surface area contributed by atoms with E-state index in [4.69, 9.17) is 0 Å². The van der Waals surface area contributed by atoms with Crippen LogP contribution in [-0.4, -0.2) is 21.6 Å². The van der Waals surface area contributed by atoms with Crippen molar-refractivity contribution in [3.63, 3.8) is 0 Å². The van der Waals surface area contributed by atoms with Gasteiger partial charge in [0, 0.05) is 12.3 Å². The zero-order chi connectivity index (χ0) is 16.7. The van der Waals surface area contributed by atoms with Crippen molar-refractivity contribution in [2.75, 3.05) is 4.90 Å². The van der Waals surface area contributed by atoms with E-state index in [1.807, 2.05) is 30.5 Å². The van der Waals surface area contributed by atoms with Gasteiger partial charge >= 0.3 is 0 Å². The lowest BCUT2D eigenvalue weighted by molar-refractivity contribution is -0.122. The molecule has 1 aliphatic carbocycles. The molecule has 0 N–H and O–H groups in total. The van der Waals surface area contributed by atoms with Crippen LogP contribution in [0.2, 0.25) is 0 Å². The number of aryl methyl sites for hydroxylation is 1. The fraction of sp³-hybridized carbons (Fsp3) is 0.316. The van der Waals surface area contributed by atoms with Crippen molar-refractivity contribution in [1.29, 1.82) is 0 Å². The highest BCUT2D eigenvalue weighted by molar-refractivity contribution is 6.21. The first-order valence-electron chi connectivity index (χ1n) is 8.26. The maximum absolute atomic E-state index is 12.6. The number of hydrogen-bond acceptors (Lipinski definition) is 3. The molecule has 2 aromatic rings. The van der Waals surface area contributed by atoms with Crippen molar-refractivity contribution in [2.45, 2.75) is 26.3 Å². The van der Waals surface area contributed by atoms with Crippen molar-refractivity contribution in [3.05, 3.63) is 59.8 Å². The molecule has 1 aromatic carbocycles. The molecular weight excluding hydrogens is 302 g/mol. The molecule has 2 aliphatic rings. The number of allylic oxidation sites excluding steroid dienone is 2. The summed E-state index contributed by atoms with van der Waals surface area (Å²) in [5.41, 5.74) is 2.36. The Balaban J connectivity index is 1.58. The summed E-state index contributed by atoms with van der Waals surface area (Å²) in [6, 6.07) is 9.87. The Bertz CT molecular complexity index is 811. The fourth-order valence-corrected chi connectivity index (χ4v) is 3.55. The van der Waals surface area contributed by atoms with Gasteiger partial charge in [0.15, 0.2) is 5.82 Å². The van der Waals surface area contributed by atoms with Gasteiger partial charge in [0.1, 0.15) is 0 Å². The third kappa shape index (κ3) is 2.37. The zero-order valence-electron chi connectivity index (χ0n) is 13.6. The molecule has 122 valence electrons. The lowest BCUT2D eigenvalue weighted by Crippen LogP contribution is -2.31. The maximum Gasteiger partial charge on any atom is 0.239 e. The third-order valence-corrected chi connectivity index (χ3v) is 4.96. The lowest BCUT2D eigenvalue weighted by atomic mass is 9.85. The Morgan fingerprint density at radius 2 is 1.71 bits per heavy atom. The summed E-state index contributed by atoms with van der Waals surface area (Å²) in [7, 11) is 0. The second-order valence-electron chi connectivity index (χ2n) is 6.47. The largest absolute Gasteiger partial charge is 0.274 e. The van der Waals surface area contributed by atoms with Crippen LogP contribution >= 0.6 is 0 Å². The molecule has 5 nitrogen and oxygen atoms in total. The van der Waals surface area contributed by atoms with Gasteiger partial charge in [0.25, 0.3) is 0 Å². The number of nitrogens with zero attached hydrogens (tertiary/aromatic N) is 3. The smallest absolute Gasteiger partial charge is 0.239 e. The summed E-state index contributed by atoms with van der Waals surface area (Å²) in [4.78, 5) is 26.5. The number of imide groups is 1. The van der Waals surface area contributed by atoms with Gasteiger partial charge in [-0.15, -0.1) is 0 Å². The molecule has 0 radical (unpaired) electrons. The van der Waals surface area contributed by atoms with Crippen LogP contribution in [0.25, 0.3) is 0 Å². The van der Waals surface area contributed by atoms with Gasteiger partial charge in [0.2, 0.25) is 11.8 Å². The Labute approximate surface area is 140 Å². The van der Waals surface area contributed by atoms with Crippen LogP contribution in [-0.2, 0) is 16.1 Å². The van der Waals surface area contributed by atoms with Crippen LogP contribution in [0.5, 0.6) is 0 Å². The minimum atomic E-state index is -0.219. The number of amides is 2. The number of aromatic nitrogens is 2. The molecule has 2 atom stereocenters. The Hall–Kier alpha value is -2.69. The molecule has 24 heavy (non-hydrogen) atoms. The zero-order valence-corrected chi connectivity index (χ0v) is 13.6. The SMILES string of the molecule is Cc1ccccc1Cn1ccc(N2C(=O)[C@H]3CC=CC[C@@H]3C2=O)n1. The summed E-state index contributed by atoms with van der Waals surface area (Å²) >= 11 is 0. The van der Waals surface area contributed by atoms with Gasteiger partial charge in [0.05, 0.1) is 18.4 Å². The van der Waals surface area contributed by atoms with Crippen molar-refractivity contribution in [2.24, 2.45) is 11.8 Å². The molecule has 0 saturated carbocycles. The second kappa shape index (κ2) is 5.74. The van der Waals surface area contributed by atoms with E-state index in [0.717, 1.165) is 0 Å². The number of rotatable bonds is 3. The summed E-state index contributed by atoms with van der Waals surface area (Å²) in [6.45, 7) is 2.68. The van der Waals surface area contributed by atoms with E-state index in [1.165, 1.54) is 16.0 Å². The quantitative estimate of drug-likeness (QED) is 0.645. The minimum absolute atomic E-state index is 0.115. The first-order chi connectivity index (χ1) is 11.6. The van der Waals surface area contributed by atoms with E-state index < -0.39 is 0 Å². The van der Waals surface area contributed by atoms with E-state index in [1.54, 1.807) is 10.7 Å². The van der Waals surface area contributed by atoms with Crippen LogP contribution in [0.4, 0.5) is 5.82 Å². The number of hydrogen-bond donors (Lipinski definition) is 0. The van der Waals surface area contributed by atoms with E-state index in [9.17, 15) is 9.59 Å². The summed E-state index contributed by atoms with van der Waals surface area (Å²) in [5.74, 6) is -0.230. The van der Waals surface area contributed by atoms with Crippen LogP contribution < -0.4 is 4.90 Å². The third-order valence-electron chi connectivity index (χ3n) is 4.96. The van der Waals surface area contributed by atoms with E-state index in [0.29, 0.717) is 25.2 Å². The van der Waals surface area contributed by atoms with Crippen molar-refractivity contribution < 1.29 is 9.59 Å². The number of carbonyl (C=O) groups is 2. The van der Waals surface area contributed by atoms with Crippen LogP contribution in [0.1, 0.15) is 24.0 Å². The molecule has 1 saturated heterocycles. The van der Waals surface area contributed by atoms with Gasteiger partial charge in [-0.3, -0.25) is 14.3 Å². The molecule has 0 bridgehead atoms. The number of anilines is 1. The Morgan fingerprint density at radius 3 is 2.38 bits per heavy atom. The van der Waals surface area contributed by atoms with Crippen molar-refractivity contribution in [3.8, 4) is 0 Å². The van der Waals surface area contributed by atoms with Gasteiger partial charge in [-0.1, -0.05) is 36.4 Å². The maximum atomic E-state index is 12.6. The molecule has 0 spiro atoms. The molecule has 5 heteroatoms.